The maximum Gasteiger partial charge on any atom is 0.241 e. The second kappa shape index (κ2) is 5.75. The van der Waals surface area contributed by atoms with Crippen LogP contribution in [0, 0.1) is 18.3 Å². The number of nitrogens with zero attached hydrogens (tertiary/aromatic N) is 1. The average Bonchev–Trinajstić information content (AvgIpc) is 2.92. The second-order valence-electron chi connectivity index (χ2n) is 4.49. The highest BCUT2D eigenvalue weighted by atomic mass is 32.2. The quantitative estimate of drug-likeness (QED) is 0.944. The van der Waals surface area contributed by atoms with E-state index in [0.717, 1.165) is 5.56 Å². The number of benzene rings is 1. The third-order valence-electron chi connectivity index (χ3n) is 3.00. The number of sulfonamides is 1. The summed E-state index contributed by atoms with van der Waals surface area (Å²) in [6.45, 7) is 3.52. The SMILES string of the molecule is Cc1cc(S(=O)(=O)NC(C)c2ccsc2)ccc1C#N. The molecule has 1 unspecified atom stereocenters. The first-order valence-corrected chi connectivity index (χ1v) is 8.42. The van der Waals surface area contributed by atoms with E-state index < -0.39 is 10.0 Å². The maximum absolute atomic E-state index is 12.3. The highest BCUT2D eigenvalue weighted by Crippen LogP contribution is 2.20. The fourth-order valence-corrected chi connectivity index (χ4v) is 3.89. The van der Waals surface area contributed by atoms with Crippen LogP contribution in [0.15, 0.2) is 39.9 Å². The zero-order valence-corrected chi connectivity index (χ0v) is 12.8. The van der Waals surface area contributed by atoms with Gasteiger partial charge >= 0.3 is 0 Å². The molecule has 1 aromatic carbocycles. The van der Waals surface area contributed by atoms with Gasteiger partial charge < -0.3 is 0 Å². The van der Waals surface area contributed by atoms with E-state index in [1.165, 1.54) is 29.5 Å². The Morgan fingerprint density at radius 2 is 2.10 bits per heavy atom. The lowest BCUT2D eigenvalue weighted by Gasteiger charge is -2.13. The number of hydrogen-bond donors (Lipinski definition) is 1. The number of rotatable bonds is 4. The van der Waals surface area contributed by atoms with Crippen molar-refractivity contribution >= 4 is 21.4 Å². The van der Waals surface area contributed by atoms with Crippen LogP contribution in [0.5, 0.6) is 0 Å². The number of nitriles is 1. The van der Waals surface area contributed by atoms with Crippen LogP contribution >= 0.6 is 11.3 Å². The summed E-state index contributed by atoms with van der Waals surface area (Å²) in [7, 11) is -3.59. The van der Waals surface area contributed by atoms with Crippen molar-refractivity contribution in [2.75, 3.05) is 0 Å². The molecular weight excluding hydrogens is 292 g/mol. The molecule has 0 aliphatic rings. The molecule has 2 rings (SSSR count). The minimum absolute atomic E-state index is 0.177. The highest BCUT2D eigenvalue weighted by molar-refractivity contribution is 7.89. The van der Waals surface area contributed by atoms with Gasteiger partial charge in [0.25, 0.3) is 0 Å². The van der Waals surface area contributed by atoms with Crippen molar-refractivity contribution in [1.29, 1.82) is 5.26 Å². The summed E-state index contributed by atoms with van der Waals surface area (Å²) >= 11 is 1.53. The summed E-state index contributed by atoms with van der Waals surface area (Å²) in [6.07, 6.45) is 0. The predicted molar refractivity (Wildman–Crippen MR) is 78.9 cm³/mol. The van der Waals surface area contributed by atoms with E-state index in [2.05, 4.69) is 4.72 Å². The molecule has 1 atom stereocenters. The van der Waals surface area contributed by atoms with Crippen molar-refractivity contribution in [2.24, 2.45) is 0 Å². The Kier molecular flexibility index (Phi) is 4.23. The van der Waals surface area contributed by atoms with E-state index in [9.17, 15) is 8.42 Å². The smallest absolute Gasteiger partial charge is 0.207 e. The van der Waals surface area contributed by atoms with Crippen molar-refractivity contribution in [3.8, 4) is 6.07 Å². The van der Waals surface area contributed by atoms with Crippen molar-refractivity contribution < 1.29 is 8.42 Å². The van der Waals surface area contributed by atoms with E-state index in [4.69, 9.17) is 5.26 Å². The average molecular weight is 306 g/mol. The van der Waals surface area contributed by atoms with Crippen LogP contribution in [0.2, 0.25) is 0 Å². The molecule has 4 nitrogen and oxygen atoms in total. The van der Waals surface area contributed by atoms with Gasteiger partial charge in [-0.05, 0) is 60.0 Å². The van der Waals surface area contributed by atoms with Gasteiger partial charge in [-0.2, -0.15) is 16.6 Å². The van der Waals surface area contributed by atoms with Gasteiger partial charge in [-0.3, -0.25) is 0 Å². The number of hydrogen-bond acceptors (Lipinski definition) is 4. The van der Waals surface area contributed by atoms with Gasteiger partial charge in [0.1, 0.15) is 0 Å². The first-order valence-electron chi connectivity index (χ1n) is 5.99. The standard InChI is InChI=1S/C14H14N2O2S2/c1-10-7-14(4-3-12(10)8-15)20(17,18)16-11(2)13-5-6-19-9-13/h3-7,9,11,16H,1-2H3. The third kappa shape index (κ3) is 3.07. The van der Waals surface area contributed by atoms with Gasteiger partial charge in [-0.1, -0.05) is 0 Å². The first-order chi connectivity index (χ1) is 9.44. The zero-order chi connectivity index (χ0) is 14.8. The summed E-state index contributed by atoms with van der Waals surface area (Å²) in [4.78, 5) is 0.177. The summed E-state index contributed by atoms with van der Waals surface area (Å²) in [5.41, 5.74) is 2.07. The minimum atomic E-state index is -3.59. The molecule has 20 heavy (non-hydrogen) atoms. The van der Waals surface area contributed by atoms with Gasteiger partial charge in [0.15, 0.2) is 0 Å². The zero-order valence-electron chi connectivity index (χ0n) is 11.1. The van der Waals surface area contributed by atoms with Crippen molar-refractivity contribution in [1.82, 2.24) is 4.72 Å². The van der Waals surface area contributed by atoms with Crippen molar-refractivity contribution in [3.05, 3.63) is 51.7 Å². The molecule has 0 aliphatic heterocycles. The molecule has 0 spiro atoms. The number of thiophene rings is 1. The van der Waals surface area contributed by atoms with Gasteiger partial charge in [0.2, 0.25) is 10.0 Å². The van der Waals surface area contributed by atoms with Crippen molar-refractivity contribution in [3.63, 3.8) is 0 Å². The summed E-state index contributed by atoms with van der Waals surface area (Å²) in [5.74, 6) is 0. The summed E-state index contributed by atoms with van der Waals surface area (Å²) in [6, 6.07) is 8.12. The van der Waals surface area contributed by atoms with E-state index in [0.29, 0.717) is 11.1 Å². The fraction of sp³-hybridized carbons (Fsp3) is 0.214. The summed E-state index contributed by atoms with van der Waals surface area (Å²) < 4.78 is 27.2. The lowest BCUT2D eigenvalue weighted by molar-refractivity contribution is 0.567. The topological polar surface area (TPSA) is 70.0 Å². The van der Waals surface area contributed by atoms with Gasteiger partial charge in [-0.15, -0.1) is 0 Å². The van der Waals surface area contributed by atoms with Crippen LogP contribution in [0.3, 0.4) is 0 Å². The second-order valence-corrected chi connectivity index (χ2v) is 6.98. The Morgan fingerprint density at radius 1 is 1.35 bits per heavy atom. The monoisotopic (exact) mass is 306 g/mol. The molecule has 0 amide bonds. The Balaban J connectivity index is 2.27. The maximum atomic E-state index is 12.3. The molecule has 0 fully saturated rings. The number of nitrogens with one attached hydrogen (secondary N) is 1. The molecule has 0 aliphatic carbocycles. The number of aryl methyl sites for hydroxylation is 1. The normalized spacial score (nSPS) is 12.8. The Labute approximate surface area is 122 Å². The van der Waals surface area contributed by atoms with Gasteiger partial charge in [0, 0.05) is 6.04 Å². The van der Waals surface area contributed by atoms with Crippen molar-refractivity contribution in [2.45, 2.75) is 24.8 Å². The Hall–Kier alpha value is -1.68. The lowest BCUT2D eigenvalue weighted by Crippen LogP contribution is -2.26. The molecule has 0 bridgehead atoms. The molecule has 1 heterocycles. The highest BCUT2D eigenvalue weighted by Gasteiger charge is 2.19. The largest absolute Gasteiger partial charge is 0.241 e. The Bertz CT molecular complexity index is 744. The molecule has 1 N–H and O–H groups in total. The summed E-state index contributed by atoms with van der Waals surface area (Å²) in [5, 5.41) is 12.7. The predicted octanol–water partition coefficient (Wildman–Crippen LogP) is 2.97. The van der Waals surface area contributed by atoms with Crippen LogP contribution in [0.4, 0.5) is 0 Å². The van der Waals surface area contributed by atoms with Crippen LogP contribution in [0.25, 0.3) is 0 Å². The minimum Gasteiger partial charge on any atom is -0.207 e. The van der Waals surface area contributed by atoms with E-state index in [1.807, 2.05) is 22.9 Å². The fourth-order valence-electron chi connectivity index (χ4n) is 1.82. The molecule has 104 valence electrons. The molecular formula is C14H14N2O2S2. The molecule has 0 saturated carbocycles. The van der Waals surface area contributed by atoms with E-state index in [-0.39, 0.29) is 10.9 Å². The van der Waals surface area contributed by atoms with Gasteiger partial charge in [0.05, 0.1) is 16.5 Å². The van der Waals surface area contributed by atoms with Crippen LogP contribution in [0.1, 0.15) is 29.7 Å². The van der Waals surface area contributed by atoms with Crippen LogP contribution in [-0.2, 0) is 10.0 Å². The molecule has 6 heteroatoms. The lowest BCUT2D eigenvalue weighted by atomic mass is 10.1. The van der Waals surface area contributed by atoms with Crippen LogP contribution < -0.4 is 4.72 Å². The van der Waals surface area contributed by atoms with Crippen LogP contribution in [-0.4, -0.2) is 8.42 Å². The van der Waals surface area contributed by atoms with E-state index >= 15 is 0 Å². The van der Waals surface area contributed by atoms with Gasteiger partial charge in [-0.25, -0.2) is 13.1 Å². The Morgan fingerprint density at radius 3 is 2.65 bits per heavy atom. The molecule has 2 aromatic rings. The molecule has 1 aromatic heterocycles. The molecule has 0 radical (unpaired) electrons. The molecule has 0 saturated heterocycles. The third-order valence-corrected chi connectivity index (χ3v) is 5.24. The first kappa shape index (κ1) is 14.7. The van der Waals surface area contributed by atoms with E-state index in [1.54, 1.807) is 13.8 Å².